The molecule has 0 spiro atoms. The van der Waals surface area contributed by atoms with E-state index in [1.165, 1.54) is 4.31 Å². The fourth-order valence-corrected chi connectivity index (χ4v) is 4.98. The summed E-state index contributed by atoms with van der Waals surface area (Å²) in [6.07, 6.45) is 4.72. The molecule has 1 N–H and O–H groups in total. The van der Waals surface area contributed by atoms with Gasteiger partial charge in [0.25, 0.3) is 0 Å². The van der Waals surface area contributed by atoms with Crippen LogP contribution in [0.15, 0.2) is 48.8 Å². The zero-order valence-electron chi connectivity index (χ0n) is 14.8. The maximum atomic E-state index is 12.8. The highest BCUT2D eigenvalue weighted by Crippen LogP contribution is 2.22. The van der Waals surface area contributed by atoms with Gasteiger partial charge in [-0.3, -0.25) is 9.78 Å². The molecule has 1 amide bonds. The predicted octanol–water partition coefficient (Wildman–Crippen LogP) is 2.59. The minimum atomic E-state index is -3.50. The van der Waals surface area contributed by atoms with E-state index in [1.807, 2.05) is 12.1 Å². The Kier molecular flexibility index (Phi) is 6.46. The number of rotatable bonds is 6. The predicted molar refractivity (Wildman–Crippen MR) is 104 cm³/mol. The number of nitrogens with zero attached hydrogens (tertiary/aromatic N) is 2. The van der Waals surface area contributed by atoms with Crippen molar-refractivity contribution in [3.63, 3.8) is 0 Å². The van der Waals surface area contributed by atoms with Crippen molar-refractivity contribution in [3.8, 4) is 0 Å². The molecule has 0 bridgehead atoms. The maximum absolute atomic E-state index is 12.8. The molecule has 1 fully saturated rings. The van der Waals surface area contributed by atoms with Crippen LogP contribution in [0.4, 0.5) is 0 Å². The van der Waals surface area contributed by atoms with Gasteiger partial charge in [-0.05, 0) is 42.2 Å². The van der Waals surface area contributed by atoms with Crippen molar-refractivity contribution >= 4 is 27.5 Å². The number of piperidine rings is 1. The molecule has 8 heteroatoms. The van der Waals surface area contributed by atoms with E-state index in [0.717, 1.165) is 5.56 Å². The SMILES string of the molecule is O=C(NCc1cccnc1)[C@@H]1CCCN(S(=O)(=O)Cc2cccc(Cl)c2)C1. The summed E-state index contributed by atoms with van der Waals surface area (Å²) in [4.78, 5) is 16.5. The number of carbonyl (C=O) groups excluding carboxylic acids is 1. The summed E-state index contributed by atoms with van der Waals surface area (Å²) in [5.74, 6) is -0.580. The third-order valence-corrected chi connectivity index (χ3v) is 6.63. The lowest BCUT2D eigenvalue weighted by atomic mass is 9.99. The minimum absolute atomic E-state index is 0.114. The average molecular weight is 408 g/mol. The lowest BCUT2D eigenvalue weighted by molar-refractivity contribution is -0.126. The van der Waals surface area contributed by atoms with Crippen LogP contribution in [-0.4, -0.2) is 36.7 Å². The number of pyridine rings is 1. The highest BCUT2D eigenvalue weighted by molar-refractivity contribution is 7.88. The molecule has 2 heterocycles. The number of hydrogen-bond donors (Lipinski definition) is 1. The van der Waals surface area contributed by atoms with E-state index in [2.05, 4.69) is 10.3 Å². The van der Waals surface area contributed by atoms with Crippen molar-refractivity contribution in [2.75, 3.05) is 13.1 Å². The second-order valence-electron chi connectivity index (χ2n) is 6.66. The van der Waals surface area contributed by atoms with Crippen LogP contribution in [-0.2, 0) is 27.1 Å². The van der Waals surface area contributed by atoms with Gasteiger partial charge in [0.2, 0.25) is 15.9 Å². The minimum Gasteiger partial charge on any atom is -0.352 e. The molecular weight excluding hydrogens is 386 g/mol. The molecule has 1 aromatic carbocycles. The van der Waals surface area contributed by atoms with Crippen LogP contribution in [0, 0.1) is 5.92 Å². The van der Waals surface area contributed by atoms with Crippen molar-refractivity contribution in [1.82, 2.24) is 14.6 Å². The summed E-state index contributed by atoms with van der Waals surface area (Å²) >= 11 is 5.94. The van der Waals surface area contributed by atoms with Gasteiger partial charge in [0.05, 0.1) is 11.7 Å². The summed E-state index contributed by atoms with van der Waals surface area (Å²) in [6.45, 7) is 1.04. The largest absolute Gasteiger partial charge is 0.352 e. The number of sulfonamides is 1. The number of amides is 1. The molecule has 1 atom stereocenters. The van der Waals surface area contributed by atoms with E-state index in [4.69, 9.17) is 11.6 Å². The highest BCUT2D eigenvalue weighted by Gasteiger charge is 2.32. The Bertz CT molecular complexity index is 890. The zero-order valence-corrected chi connectivity index (χ0v) is 16.4. The number of aromatic nitrogens is 1. The molecule has 0 unspecified atom stereocenters. The van der Waals surface area contributed by atoms with Gasteiger partial charge in [-0.15, -0.1) is 0 Å². The smallest absolute Gasteiger partial charge is 0.224 e. The summed E-state index contributed by atoms with van der Waals surface area (Å²) in [5.41, 5.74) is 1.55. The molecule has 0 radical (unpaired) electrons. The van der Waals surface area contributed by atoms with E-state index in [0.29, 0.717) is 36.5 Å². The van der Waals surface area contributed by atoms with Gasteiger partial charge in [-0.25, -0.2) is 12.7 Å². The summed E-state index contributed by atoms with van der Waals surface area (Å²) in [7, 11) is -3.50. The molecule has 3 rings (SSSR count). The van der Waals surface area contributed by atoms with Crippen LogP contribution in [0.25, 0.3) is 0 Å². The van der Waals surface area contributed by atoms with Gasteiger partial charge in [-0.2, -0.15) is 0 Å². The number of halogens is 1. The topological polar surface area (TPSA) is 79.4 Å². The average Bonchev–Trinajstić information content (AvgIpc) is 2.67. The molecule has 27 heavy (non-hydrogen) atoms. The van der Waals surface area contributed by atoms with Gasteiger partial charge in [0.15, 0.2) is 0 Å². The summed E-state index contributed by atoms with van der Waals surface area (Å²) in [5, 5.41) is 3.39. The molecule has 6 nitrogen and oxygen atoms in total. The highest BCUT2D eigenvalue weighted by atomic mass is 35.5. The molecule has 1 aliphatic heterocycles. The van der Waals surface area contributed by atoms with E-state index in [-0.39, 0.29) is 24.1 Å². The van der Waals surface area contributed by atoms with Gasteiger partial charge in [0, 0.05) is 37.1 Å². The van der Waals surface area contributed by atoms with Gasteiger partial charge >= 0.3 is 0 Å². The van der Waals surface area contributed by atoms with E-state index in [9.17, 15) is 13.2 Å². The first-order valence-electron chi connectivity index (χ1n) is 8.83. The molecule has 0 saturated carbocycles. The van der Waals surface area contributed by atoms with Crippen molar-refractivity contribution < 1.29 is 13.2 Å². The van der Waals surface area contributed by atoms with Gasteiger partial charge in [0.1, 0.15) is 0 Å². The maximum Gasteiger partial charge on any atom is 0.224 e. The number of hydrogen-bond acceptors (Lipinski definition) is 4. The van der Waals surface area contributed by atoms with Gasteiger partial charge in [-0.1, -0.05) is 29.8 Å². The third-order valence-electron chi connectivity index (χ3n) is 4.58. The van der Waals surface area contributed by atoms with Crippen molar-refractivity contribution in [3.05, 3.63) is 64.9 Å². The number of benzene rings is 1. The lowest BCUT2D eigenvalue weighted by Crippen LogP contribution is -2.45. The van der Waals surface area contributed by atoms with Crippen LogP contribution >= 0.6 is 11.6 Å². The number of carbonyl (C=O) groups is 1. The Labute approximate surface area is 164 Å². The Morgan fingerprint density at radius 1 is 1.26 bits per heavy atom. The first-order chi connectivity index (χ1) is 12.9. The normalized spacial score (nSPS) is 18.2. The first-order valence-corrected chi connectivity index (χ1v) is 10.8. The molecule has 144 valence electrons. The Hall–Kier alpha value is -1.96. The van der Waals surface area contributed by atoms with Crippen molar-refractivity contribution in [2.45, 2.75) is 25.1 Å². The molecule has 0 aliphatic carbocycles. The molecule has 1 saturated heterocycles. The number of nitrogens with one attached hydrogen (secondary N) is 1. The Balaban J connectivity index is 1.60. The Morgan fingerprint density at radius 2 is 2.07 bits per heavy atom. The first kappa shape index (κ1) is 19.8. The monoisotopic (exact) mass is 407 g/mol. The van der Waals surface area contributed by atoms with Crippen LogP contribution in [0.5, 0.6) is 0 Å². The van der Waals surface area contributed by atoms with Crippen molar-refractivity contribution in [1.29, 1.82) is 0 Å². The fraction of sp³-hybridized carbons (Fsp3) is 0.368. The summed E-state index contributed by atoms with van der Waals surface area (Å²) in [6, 6.07) is 10.5. The van der Waals surface area contributed by atoms with E-state index in [1.54, 1.807) is 36.7 Å². The summed E-state index contributed by atoms with van der Waals surface area (Å²) < 4.78 is 26.9. The van der Waals surface area contributed by atoms with Crippen LogP contribution < -0.4 is 5.32 Å². The van der Waals surface area contributed by atoms with Crippen molar-refractivity contribution in [2.24, 2.45) is 5.92 Å². The quantitative estimate of drug-likeness (QED) is 0.798. The Morgan fingerprint density at radius 3 is 2.81 bits per heavy atom. The zero-order chi connectivity index (χ0) is 19.3. The third kappa shape index (κ3) is 5.51. The second-order valence-corrected chi connectivity index (χ2v) is 9.07. The van der Waals surface area contributed by atoms with Crippen LogP contribution in [0.1, 0.15) is 24.0 Å². The van der Waals surface area contributed by atoms with Crippen LogP contribution in [0.3, 0.4) is 0 Å². The molecule has 1 aliphatic rings. The standard InChI is InChI=1S/C19H22ClN3O3S/c20-18-7-1-4-15(10-18)14-27(25,26)23-9-3-6-17(13-23)19(24)22-12-16-5-2-8-21-11-16/h1-2,4-5,7-8,10-11,17H,3,6,9,12-14H2,(H,22,24)/t17-/m1/s1. The van der Waals surface area contributed by atoms with E-state index < -0.39 is 10.0 Å². The molecular formula is C19H22ClN3O3S. The van der Waals surface area contributed by atoms with Gasteiger partial charge < -0.3 is 5.32 Å². The van der Waals surface area contributed by atoms with E-state index >= 15 is 0 Å². The van der Waals surface area contributed by atoms with Crippen LogP contribution in [0.2, 0.25) is 5.02 Å². The molecule has 1 aromatic heterocycles. The second kappa shape index (κ2) is 8.82. The molecule has 2 aromatic rings. The fourth-order valence-electron chi connectivity index (χ4n) is 3.17. The lowest BCUT2D eigenvalue weighted by Gasteiger charge is -2.31.